The molecule has 1 amide bonds. The second-order valence-corrected chi connectivity index (χ2v) is 4.10. The van der Waals surface area contributed by atoms with Crippen LogP contribution in [0.2, 0.25) is 0 Å². The molecule has 0 aromatic heterocycles. The third-order valence-electron chi connectivity index (χ3n) is 2.83. The topological polar surface area (TPSA) is 63.3 Å². The highest BCUT2D eigenvalue weighted by Crippen LogP contribution is 2.30. The molecule has 0 radical (unpaired) electrons. The molecular formula is C14H11F2NO2. The zero-order chi connectivity index (χ0) is 14.0. The van der Waals surface area contributed by atoms with Gasteiger partial charge in [-0.2, -0.15) is 0 Å². The number of hydrogen-bond acceptors (Lipinski definition) is 2. The Balaban J connectivity index is 2.67. The molecule has 5 heteroatoms. The van der Waals surface area contributed by atoms with Crippen molar-refractivity contribution < 1.29 is 18.7 Å². The average molecular weight is 263 g/mol. The van der Waals surface area contributed by atoms with Gasteiger partial charge in [0, 0.05) is 11.6 Å². The first-order chi connectivity index (χ1) is 8.94. The predicted molar refractivity (Wildman–Crippen MR) is 65.0 cm³/mol. The summed E-state index contributed by atoms with van der Waals surface area (Å²) >= 11 is 0. The zero-order valence-electron chi connectivity index (χ0n) is 9.81. The van der Waals surface area contributed by atoms with Crippen molar-refractivity contribution in [3.05, 3.63) is 71.3 Å². The Morgan fingerprint density at radius 3 is 2.00 bits per heavy atom. The first kappa shape index (κ1) is 13.2. The Morgan fingerprint density at radius 2 is 1.53 bits per heavy atom. The van der Waals surface area contributed by atoms with E-state index in [1.54, 1.807) is 18.2 Å². The van der Waals surface area contributed by atoms with Crippen molar-refractivity contribution in [2.24, 2.45) is 5.73 Å². The van der Waals surface area contributed by atoms with Crippen molar-refractivity contribution in [1.82, 2.24) is 0 Å². The highest BCUT2D eigenvalue weighted by atomic mass is 19.1. The average Bonchev–Trinajstić information content (AvgIpc) is 2.37. The van der Waals surface area contributed by atoms with Gasteiger partial charge in [0.15, 0.2) is 5.60 Å². The van der Waals surface area contributed by atoms with Crippen LogP contribution in [0.25, 0.3) is 0 Å². The molecular weight excluding hydrogens is 252 g/mol. The minimum atomic E-state index is -2.27. The number of halogens is 2. The fourth-order valence-corrected chi connectivity index (χ4v) is 1.89. The highest BCUT2D eigenvalue weighted by Gasteiger charge is 2.38. The van der Waals surface area contributed by atoms with Crippen LogP contribution in [0.15, 0.2) is 48.5 Å². The second kappa shape index (κ2) is 4.78. The zero-order valence-corrected chi connectivity index (χ0v) is 9.81. The standard InChI is InChI=1S/C14H11F2NO2/c15-11-6-10(7-12(16)8-11)14(19,13(17)18)9-4-2-1-3-5-9/h1-8,19H,(H2,17,18). The maximum absolute atomic E-state index is 13.2. The molecule has 0 spiro atoms. The van der Waals surface area contributed by atoms with Crippen molar-refractivity contribution in [2.75, 3.05) is 0 Å². The molecule has 0 bridgehead atoms. The number of carbonyl (C=O) groups excluding carboxylic acids is 1. The van der Waals surface area contributed by atoms with E-state index in [-0.39, 0.29) is 11.1 Å². The lowest BCUT2D eigenvalue weighted by atomic mass is 9.85. The molecule has 0 saturated heterocycles. The van der Waals surface area contributed by atoms with Gasteiger partial charge >= 0.3 is 0 Å². The Morgan fingerprint density at radius 1 is 1.00 bits per heavy atom. The molecule has 0 heterocycles. The Bertz CT molecular complexity index is 596. The molecule has 1 unspecified atom stereocenters. The van der Waals surface area contributed by atoms with E-state index in [0.29, 0.717) is 6.07 Å². The van der Waals surface area contributed by atoms with Gasteiger partial charge in [0.1, 0.15) is 11.6 Å². The van der Waals surface area contributed by atoms with Crippen molar-refractivity contribution in [3.8, 4) is 0 Å². The summed E-state index contributed by atoms with van der Waals surface area (Å²) in [6.45, 7) is 0. The van der Waals surface area contributed by atoms with Crippen LogP contribution in [-0.2, 0) is 10.4 Å². The monoisotopic (exact) mass is 263 g/mol. The SMILES string of the molecule is NC(=O)C(O)(c1ccccc1)c1cc(F)cc(F)c1. The summed E-state index contributed by atoms with van der Waals surface area (Å²) in [5.74, 6) is -2.90. The lowest BCUT2D eigenvalue weighted by molar-refractivity contribution is -0.133. The van der Waals surface area contributed by atoms with Crippen LogP contribution < -0.4 is 5.73 Å². The third kappa shape index (κ3) is 2.32. The molecule has 0 aliphatic carbocycles. The minimum absolute atomic E-state index is 0.146. The Kier molecular flexibility index (Phi) is 3.31. The van der Waals surface area contributed by atoms with E-state index < -0.39 is 23.1 Å². The molecule has 0 aliphatic rings. The molecule has 3 N–H and O–H groups in total. The number of hydrogen-bond donors (Lipinski definition) is 2. The smallest absolute Gasteiger partial charge is 0.258 e. The van der Waals surface area contributed by atoms with Crippen LogP contribution in [0.4, 0.5) is 8.78 Å². The number of carbonyl (C=O) groups is 1. The van der Waals surface area contributed by atoms with Gasteiger partial charge in [-0.15, -0.1) is 0 Å². The van der Waals surface area contributed by atoms with Crippen LogP contribution in [-0.4, -0.2) is 11.0 Å². The van der Waals surface area contributed by atoms with Crippen LogP contribution in [0.3, 0.4) is 0 Å². The van der Waals surface area contributed by atoms with E-state index >= 15 is 0 Å². The van der Waals surface area contributed by atoms with E-state index in [4.69, 9.17) is 5.73 Å². The van der Waals surface area contributed by atoms with Gasteiger partial charge < -0.3 is 10.8 Å². The highest BCUT2D eigenvalue weighted by molar-refractivity contribution is 5.88. The molecule has 19 heavy (non-hydrogen) atoms. The largest absolute Gasteiger partial charge is 0.372 e. The van der Waals surface area contributed by atoms with Crippen molar-refractivity contribution in [2.45, 2.75) is 5.60 Å². The number of rotatable bonds is 3. The molecule has 0 aliphatic heterocycles. The van der Waals surface area contributed by atoms with Crippen LogP contribution in [0.5, 0.6) is 0 Å². The Labute approximate surface area is 108 Å². The van der Waals surface area contributed by atoms with E-state index in [0.717, 1.165) is 12.1 Å². The molecule has 2 rings (SSSR count). The van der Waals surface area contributed by atoms with Crippen molar-refractivity contribution in [1.29, 1.82) is 0 Å². The van der Waals surface area contributed by atoms with Gasteiger partial charge in [0.05, 0.1) is 0 Å². The second-order valence-electron chi connectivity index (χ2n) is 4.10. The molecule has 2 aromatic carbocycles. The van der Waals surface area contributed by atoms with Crippen LogP contribution in [0.1, 0.15) is 11.1 Å². The fourth-order valence-electron chi connectivity index (χ4n) is 1.89. The first-order valence-corrected chi connectivity index (χ1v) is 5.49. The number of amides is 1. The molecule has 0 saturated carbocycles. The fraction of sp³-hybridized carbons (Fsp3) is 0.0714. The third-order valence-corrected chi connectivity index (χ3v) is 2.83. The van der Waals surface area contributed by atoms with Gasteiger partial charge in [0.25, 0.3) is 5.91 Å². The summed E-state index contributed by atoms with van der Waals surface area (Å²) in [4.78, 5) is 11.6. The molecule has 1 atom stereocenters. The summed E-state index contributed by atoms with van der Waals surface area (Å²) in [5.41, 5.74) is 2.83. The summed E-state index contributed by atoms with van der Waals surface area (Å²) in [5, 5.41) is 10.5. The summed E-state index contributed by atoms with van der Waals surface area (Å²) in [6, 6.07) is 10.1. The lowest BCUT2D eigenvalue weighted by Crippen LogP contribution is -2.42. The van der Waals surface area contributed by atoms with E-state index in [2.05, 4.69) is 0 Å². The maximum Gasteiger partial charge on any atom is 0.258 e. The number of nitrogens with two attached hydrogens (primary N) is 1. The van der Waals surface area contributed by atoms with E-state index in [9.17, 15) is 18.7 Å². The predicted octanol–water partition coefficient (Wildman–Crippen LogP) is 1.69. The normalized spacial score (nSPS) is 13.8. The minimum Gasteiger partial charge on any atom is -0.372 e. The maximum atomic E-state index is 13.2. The lowest BCUT2D eigenvalue weighted by Gasteiger charge is -2.25. The summed E-state index contributed by atoms with van der Waals surface area (Å²) in [6.07, 6.45) is 0. The van der Waals surface area contributed by atoms with Crippen molar-refractivity contribution >= 4 is 5.91 Å². The number of primary amides is 1. The molecule has 2 aromatic rings. The summed E-state index contributed by atoms with van der Waals surface area (Å²) in [7, 11) is 0. The van der Waals surface area contributed by atoms with Crippen LogP contribution >= 0.6 is 0 Å². The first-order valence-electron chi connectivity index (χ1n) is 5.49. The number of aliphatic hydroxyl groups is 1. The molecule has 0 fully saturated rings. The molecule has 98 valence electrons. The van der Waals surface area contributed by atoms with E-state index in [1.807, 2.05) is 0 Å². The summed E-state index contributed by atoms with van der Waals surface area (Å²) < 4.78 is 26.5. The molecule has 3 nitrogen and oxygen atoms in total. The van der Waals surface area contributed by atoms with Gasteiger partial charge in [-0.3, -0.25) is 4.79 Å². The number of benzene rings is 2. The van der Waals surface area contributed by atoms with Gasteiger partial charge in [0.2, 0.25) is 0 Å². The van der Waals surface area contributed by atoms with E-state index in [1.165, 1.54) is 12.1 Å². The van der Waals surface area contributed by atoms with Gasteiger partial charge in [-0.1, -0.05) is 30.3 Å². The van der Waals surface area contributed by atoms with Crippen LogP contribution in [0, 0.1) is 11.6 Å². The van der Waals surface area contributed by atoms with Gasteiger partial charge in [-0.25, -0.2) is 8.78 Å². The van der Waals surface area contributed by atoms with Gasteiger partial charge in [-0.05, 0) is 17.7 Å². The van der Waals surface area contributed by atoms with Crippen molar-refractivity contribution in [3.63, 3.8) is 0 Å². The quantitative estimate of drug-likeness (QED) is 0.885. The Hall–Kier alpha value is -2.27.